The summed E-state index contributed by atoms with van der Waals surface area (Å²) < 4.78 is 9.56. The molecule has 2 unspecified atom stereocenters. The van der Waals surface area contributed by atoms with Crippen molar-refractivity contribution in [1.29, 1.82) is 0 Å². The molecule has 0 radical (unpaired) electrons. The molecule has 4 heteroatoms. The average Bonchev–Trinajstić information content (AvgIpc) is 2.40. The maximum Gasteiger partial charge on any atom is 0.309 e. The van der Waals surface area contributed by atoms with Crippen LogP contribution in [-0.4, -0.2) is 26.2 Å². The summed E-state index contributed by atoms with van der Waals surface area (Å²) >= 11 is 0. The number of esters is 2. The number of hydrogen-bond acceptors (Lipinski definition) is 4. The SMILES string of the molecule is CCCCCCC(C(=O)OC)C(CC)C(=O)OC. The molecule has 0 aromatic rings. The van der Waals surface area contributed by atoms with E-state index in [4.69, 9.17) is 9.47 Å². The van der Waals surface area contributed by atoms with Crippen molar-refractivity contribution < 1.29 is 19.1 Å². The lowest BCUT2D eigenvalue weighted by molar-refractivity contribution is -0.158. The molecule has 2 atom stereocenters. The van der Waals surface area contributed by atoms with Gasteiger partial charge in [0, 0.05) is 0 Å². The van der Waals surface area contributed by atoms with Crippen LogP contribution in [0.3, 0.4) is 0 Å². The van der Waals surface area contributed by atoms with Gasteiger partial charge in [0.1, 0.15) is 0 Å². The minimum atomic E-state index is -0.385. The highest BCUT2D eigenvalue weighted by molar-refractivity contribution is 5.81. The molecule has 0 aromatic carbocycles. The minimum Gasteiger partial charge on any atom is -0.469 e. The van der Waals surface area contributed by atoms with Crippen molar-refractivity contribution >= 4 is 11.9 Å². The Hall–Kier alpha value is -1.06. The fraction of sp³-hybridized carbons (Fsp3) is 0.857. The van der Waals surface area contributed by atoms with Gasteiger partial charge >= 0.3 is 11.9 Å². The molecule has 0 aromatic heterocycles. The van der Waals surface area contributed by atoms with Crippen molar-refractivity contribution in [3.63, 3.8) is 0 Å². The molecule has 0 aliphatic heterocycles. The van der Waals surface area contributed by atoms with Crippen molar-refractivity contribution in [1.82, 2.24) is 0 Å². The van der Waals surface area contributed by atoms with Gasteiger partial charge in [0.05, 0.1) is 26.1 Å². The number of ether oxygens (including phenoxy) is 2. The van der Waals surface area contributed by atoms with Crippen LogP contribution in [0.5, 0.6) is 0 Å². The van der Waals surface area contributed by atoms with Gasteiger partial charge < -0.3 is 9.47 Å². The molecule has 0 fully saturated rings. The largest absolute Gasteiger partial charge is 0.469 e. The molecule has 0 N–H and O–H groups in total. The van der Waals surface area contributed by atoms with Crippen molar-refractivity contribution in [3.05, 3.63) is 0 Å². The second-order valence-corrected chi connectivity index (χ2v) is 4.52. The Kier molecular flexibility index (Phi) is 9.33. The molecular weight excluding hydrogens is 232 g/mol. The van der Waals surface area contributed by atoms with Crippen LogP contribution in [0, 0.1) is 11.8 Å². The zero-order valence-corrected chi connectivity index (χ0v) is 12.0. The Morgan fingerprint density at radius 1 is 0.889 bits per heavy atom. The first kappa shape index (κ1) is 16.9. The molecule has 0 saturated heterocycles. The van der Waals surface area contributed by atoms with E-state index in [1.165, 1.54) is 14.2 Å². The van der Waals surface area contributed by atoms with Crippen molar-refractivity contribution in [2.24, 2.45) is 11.8 Å². The number of carbonyl (C=O) groups is 2. The molecule has 0 spiro atoms. The molecule has 0 saturated carbocycles. The first-order chi connectivity index (χ1) is 8.62. The molecule has 0 amide bonds. The first-order valence-corrected chi connectivity index (χ1v) is 6.77. The highest BCUT2D eigenvalue weighted by Gasteiger charge is 2.33. The van der Waals surface area contributed by atoms with E-state index in [-0.39, 0.29) is 23.8 Å². The highest BCUT2D eigenvalue weighted by atomic mass is 16.5. The van der Waals surface area contributed by atoms with E-state index in [1.54, 1.807) is 0 Å². The fourth-order valence-corrected chi connectivity index (χ4v) is 2.19. The summed E-state index contributed by atoms with van der Waals surface area (Å²) in [5, 5.41) is 0. The zero-order valence-electron chi connectivity index (χ0n) is 12.0. The van der Waals surface area contributed by atoms with E-state index in [2.05, 4.69) is 6.92 Å². The number of methoxy groups -OCH3 is 2. The molecule has 0 bridgehead atoms. The first-order valence-electron chi connectivity index (χ1n) is 6.77. The van der Waals surface area contributed by atoms with Crippen LogP contribution in [-0.2, 0) is 19.1 Å². The third-order valence-corrected chi connectivity index (χ3v) is 3.30. The van der Waals surface area contributed by atoms with Gasteiger partial charge in [-0.1, -0.05) is 39.5 Å². The second-order valence-electron chi connectivity index (χ2n) is 4.52. The molecule has 0 aliphatic carbocycles. The Morgan fingerprint density at radius 3 is 1.89 bits per heavy atom. The Morgan fingerprint density at radius 2 is 1.44 bits per heavy atom. The lowest BCUT2D eigenvalue weighted by atomic mass is 9.85. The maximum atomic E-state index is 11.8. The molecule has 0 aliphatic rings. The van der Waals surface area contributed by atoms with Gasteiger partial charge in [0.25, 0.3) is 0 Å². The van der Waals surface area contributed by atoms with Crippen LogP contribution in [0.2, 0.25) is 0 Å². The van der Waals surface area contributed by atoms with Gasteiger partial charge in [-0.05, 0) is 12.8 Å². The predicted octanol–water partition coefficient (Wildman–Crippen LogP) is 2.95. The van der Waals surface area contributed by atoms with E-state index in [1.807, 2.05) is 6.92 Å². The number of rotatable bonds is 9. The standard InChI is InChI=1S/C14H26O4/c1-5-7-8-9-10-12(14(16)18-4)11(6-2)13(15)17-3/h11-12H,5-10H2,1-4H3. The van der Waals surface area contributed by atoms with Crippen molar-refractivity contribution in [2.75, 3.05) is 14.2 Å². The number of hydrogen-bond donors (Lipinski definition) is 0. The summed E-state index contributed by atoms with van der Waals surface area (Å²) in [6, 6.07) is 0. The third-order valence-electron chi connectivity index (χ3n) is 3.30. The molecule has 106 valence electrons. The van der Waals surface area contributed by atoms with Gasteiger partial charge in [-0.3, -0.25) is 9.59 Å². The van der Waals surface area contributed by atoms with E-state index in [9.17, 15) is 9.59 Å². The summed E-state index contributed by atoms with van der Waals surface area (Å²) in [7, 11) is 2.72. The lowest BCUT2D eigenvalue weighted by Gasteiger charge is -2.21. The van der Waals surface area contributed by atoms with Gasteiger partial charge in [-0.15, -0.1) is 0 Å². The van der Waals surface area contributed by atoms with Gasteiger partial charge in [0.15, 0.2) is 0 Å². The van der Waals surface area contributed by atoms with Crippen molar-refractivity contribution in [2.45, 2.75) is 52.4 Å². The zero-order chi connectivity index (χ0) is 14.0. The molecule has 18 heavy (non-hydrogen) atoms. The topological polar surface area (TPSA) is 52.6 Å². The smallest absolute Gasteiger partial charge is 0.309 e. The fourth-order valence-electron chi connectivity index (χ4n) is 2.19. The van der Waals surface area contributed by atoms with Crippen LogP contribution in [0.15, 0.2) is 0 Å². The van der Waals surface area contributed by atoms with Gasteiger partial charge in [-0.25, -0.2) is 0 Å². The van der Waals surface area contributed by atoms with Crippen LogP contribution in [0.25, 0.3) is 0 Å². The Bertz CT molecular complexity index is 250. The quantitative estimate of drug-likeness (QED) is 0.471. The van der Waals surface area contributed by atoms with E-state index < -0.39 is 0 Å². The average molecular weight is 258 g/mol. The van der Waals surface area contributed by atoms with E-state index in [0.717, 1.165) is 25.7 Å². The molecule has 0 rings (SSSR count). The molecule has 0 heterocycles. The minimum absolute atomic E-state index is 0.302. The summed E-state index contributed by atoms with van der Waals surface area (Å²) in [5.74, 6) is -1.37. The summed E-state index contributed by atoms with van der Waals surface area (Å²) in [5.41, 5.74) is 0. The summed E-state index contributed by atoms with van der Waals surface area (Å²) in [6.07, 6.45) is 5.63. The Balaban J connectivity index is 4.54. The van der Waals surface area contributed by atoms with Gasteiger partial charge in [-0.2, -0.15) is 0 Å². The third kappa shape index (κ3) is 5.52. The molecule has 4 nitrogen and oxygen atoms in total. The van der Waals surface area contributed by atoms with Crippen LogP contribution < -0.4 is 0 Å². The van der Waals surface area contributed by atoms with E-state index in [0.29, 0.717) is 12.8 Å². The number of carbonyl (C=O) groups excluding carboxylic acids is 2. The van der Waals surface area contributed by atoms with Crippen molar-refractivity contribution in [3.8, 4) is 0 Å². The second kappa shape index (κ2) is 9.92. The Labute approximate surface area is 110 Å². The normalized spacial score (nSPS) is 13.8. The van der Waals surface area contributed by atoms with E-state index >= 15 is 0 Å². The summed E-state index contributed by atoms with van der Waals surface area (Å²) in [4.78, 5) is 23.4. The monoisotopic (exact) mass is 258 g/mol. The van der Waals surface area contributed by atoms with Crippen LogP contribution >= 0.6 is 0 Å². The van der Waals surface area contributed by atoms with Crippen LogP contribution in [0.4, 0.5) is 0 Å². The maximum absolute atomic E-state index is 11.8. The van der Waals surface area contributed by atoms with Crippen LogP contribution in [0.1, 0.15) is 52.4 Å². The number of unbranched alkanes of at least 4 members (excludes halogenated alkanes) is 3. The van der Waals surface area contributed by atoms with Gasteiger partial charge in [0.2, 0.25) is 0 Å². The lowest BCUT2D eigenvalue weighted by Crippen LogP contribution is -2.31. The predicted molar refractivity (Wildman–Crippen MR) is 70.1 cm³/mol. The molecular formula is C14H26O4. The highest BCUT2D eigenvalue weighted by Crippen LogP contribution is 2.25. The summed E-state index contributed by atoms with van der Waals surface area (Å²) in [6.45, 7) is 4.03.